The van der Waals surface area contributed by atoms with E-state index in [1.165, 1.54) is 0 Å². The van der Waals surface area contributed by atoms with E-state index in [9.17, 15) is 9.46 Å². The third-order valence-electron chi connectivity index (χ3n) is 1.70. The predicted molar refractivity (Wildman–Crippen MR) is 58.4 cm³/mol. The molecule has 0 aromatic carbocycles. The van der Waals surface area contributed by atoms with Gasteiger partial charge in [-0.15, -0.1) is 0 Å². The number of rotatable bonds is 7. The molecule has 3 nitrogen and oxygen atoms in total. The van der Waals surface area contributed by atoms with Crippen LogP contribution in [-0.2, 0) is 9.09 Å². The lowest BCUT2D eigenvalue weighted by Gasteiger charge is -2.17. The zero-order valence-electron chi connectivity index (χ0n) is 8.27. The third-order valence-corrected chi connectivity index (χ3v) is 4.40. The monoisotopic (exact) mass is 226 g/mol. The Bertz CT molecular complexity index is 175. The second-order valence-electron chi connectivity index (χ2n) is 3.02. The normalized spacial score (nSPS) is 18.2. The standard InChI is InChI=1S/C8H19O3PS/c1-3-5-7-11-12(9,10)8(13)6-4-2/h8,13H,3-7H2,1-2H3,(H,9,10). The van der Waals surface area contributed by atoms with E-state index in [0.717, 1.165) is 19.3 Å². The summed E-state index contributed by atoms with van der Waals surface area (Å²) in [5.74, 6) is 0. The average molecular weight is 226 g/mol. The van der Waals surface area contributed by atoms with Crippen molar-refractivity contribution >= 4 is 20.2 Å². The molecule has 0 aromatic heterocycles. The Labute approximate surface area is 85.8 Å². The summed E-state index contributed by atoms with van der Waals surface area (Å²) in [6, 6.07) is 0. The van der Waals surface area contributed by atoms with E-state index in [2.05, 4.69) is 12.6 Å². The van der Waals surface area contributed by atoms with Gasteiger partial charge in [0.25, 0.3) is 0 Å². The van der Waals surface area contributed by atoms with Crippen molar-refractivity contribution in [2.45, 2.75) is 44.5 Å². The van der Waals surface area contributed by atoms with Gasteiger partial charge in [-0.25, -0.2) is 0 Å². The van der Waals surface area contributed by atoms with Crippen LogP contribution >= 0.6 is 20.2 Å². The van der Waals surface area contributed by atoms with Crippen LogP contribution in [0, 0.1) is 0 Å². The fourth-order valence-corrected chi connectivity index (χ4v) is 2.45. The van der Waals surface area contributed by atoms with E-state index < -0.39 is 12.6 Å². The summed E-state index contributed by atoms with van der Waals surface area (Å²) in [5, 5.41) is 0. The van der Waals surface area contributed by atoms with Crippen molar-refractivity contribution in [1.29, 1.82) is 0 Å². The van der Waals surface area contributed by atoms with Crippen LogP contribution < -0.4 is 0 Å². The van der Waals surface area contributed by atoms with E-state index in [0.29, 0.717) is 13.0 Å². The maximum atomic E-state index is 11.4. The van der Waals surface area contributed by atoms with Gasteiger partial charge in [0.1, 0.15) is 4.99 Å². The molecule has 13 heavy (non-hydrogen) atoms. The van der Waals surface area contributed by atoms with E-state index in [1.54, 1.807) is 0 Å². The molecule has 0 heterocycles. The molecule has 0 aliphatic carbocycles. The van der Waals surface area contributed by atoms with E-state index in [4.69, 9.17) is 4.52 Å². The molecule has 0 aliphatic heterocycles. The summed E-state index contributed by atoms with van der Waals surface area (Å²) in [7, 11) is -3.47. The summed E-state index contributed by atoms with van der Waals surface area (Å²) in [6.45, 7) is 4.32. The Morgan fingerprint density at radius 1 is 1.46 bits per heavy atom. The van der Waals surface area contributed by atoms with Crippen molar-refractivity contribution in [1.82, 2.24) is 0 Å². The first-order valence-electron chi connectivity index (χ1n) is 4.69. The highest BCUT2D eigenvalue weighted by molar-refractivity contribution is 7.89. The van der Waals surface area contributed by atoms with Crippen LogP contribution in [0.3, 0.4) is 0 Å². The molecule has 0 aliphatic rings. The van der Waals surface area contributed by atoms with E-state index in [-0.39, 0.29) is 0 Å². The SMILES string of the molecule is CCCCOP(=O)(O)C(S)CCC. The average Bonchev–Trinajstić information content (AvgIpc) is 2.05. The molecule has 5 heteroatoms. The van der Waals surface area contributed by atoms with Gasteiger partial charge in [-0.3, -0.25) is 4.57 Å². The van der Waals surface area contributed by atoms with Gasteiger partial charge in [-0.1, -0.05) is 26.7 Å². The minimum atomic E-state index is -3.47. The topological polar surface area (TPSA) is 46.5 Å². The molecule has 1 N–H and O–H groups in total. The summed E-state index contributed by atoms with van der Waals surface area (Å²) in [4.78, 5) is 8.86. The molecule has 0 saturated carbocycles. The van der Waals surface area contributed by atoms with Gasteiger partial charge >= 0.3 is 7.60 Å². The smallest absolute Gasteiger partial charge is 0.324 e. The Balaban J connectivity index is 3.84. The minimum Gasteiger partial charge on any atom is -0.324 e. The molecular formula is C8H19O3PS. The van der Waals surface area contributed by atoms with Crippen LogP contribution in [0.1, 0.15) is 39.5 Å². The summed E-state index contributed by atoms with van der Waals surface area (Å²) in [6.07, 6.45) is 3.24. The molecule has 0 rings (SSSR count). The summed E-state index contributed by atoms with van der Waals surface area (Å²) in [5.41, 5.74) is 0. The largest absolute Gasteiger partial charge is 0.340 e. The maximum Gasteiger partial charge on any atom is 0.340 e. The zero-order valence-corrected chi connectivity index (χ0v) is 10.1. The third kappa shape index (κ3) is 5.74. The molecule has 0 saturated heterocycles. The van der Waals surface area contributed by atoms with E-state index >= 15 is 0 Å². The van der Waals surface area contributed by atoms with Crippen molar-refractivity contribution in [3.63, 3.8) is 0 Å². The molecule has 0 amide bonds. The maximum absolute atomic E-state index is 11.4. The summed E-state index contributed by atoms with van der Waals surface area (Å²) < 4.78 is 16.4. The Morgan fingerprint density at radius 3 is 2.54 bits per heavy atom. The van der Waals surface area contributed by atoms with Gasteiger partial charge < -0.3 is 9.42 Å². The fraction of sp³-hybridized carbons (Fsp3) is 1.00. The molecular weight excluding hydrogens is 207 g/mol. The van der Waals surface area contributed by atoms with Crippen molar-refractivity contribution in [3.05, 3.63) is 0 Å². The lowest BCUT2D eigenvalue weighted by molar-refractivity contribution is 0.252. The van der Waals surface area contributed by atoms with Crippen molar-refractivity contribution in [3.8, 4) is 0 Å². The van der Waals surface area contributed by atoms with Crippen LogP contribution in [0.4, 0.5) is 0 Å². The quantitative estimate of drug-likeness (QED) is 0.398. The molecule has 80 valence electrons. The second kappa shape index (κ2) is 6.88. The molecule has 0 bridgehead atoms. The highest BCUT2D eigenvalue weighted by Gasteiger charge is 2.28. The van der Waals surface area contributed by atoms with Gasteiger partial charge in [0, 0.05) is 0 Å². The number of unbranched alkanes of at least 4 members (excludes halogenated alkanes) is 1. The number of thiol groups is 1. The minimum absolute atomic E-state index is 0.352. The zero-order chi connectivity index (χ0) is 10.3. The second-order valence-corrected chi connectivity index (χ2v) is 6.06. The lowest BCUT2D eigenvalue weighted by atomic mass is 10.4. The first kappa shape index (κ1) is 13.5. The molecule has 0 aromatic rings. The molecule has 0 spiro atoms. The Kier molecular flexibility index (Phi) is 7.15. The number of hydrogen-bond acceptors (Lipinski definition) is 3. The van der Waals surface area contributed by atoms with Crippen LogP contribution in [-0.4, -0.2) is 16.5 Å². The first-order valence-corrected chi connectivity index (χ1v) is 6.86. The van der Waals surface area contributed by atoms with Crippen molar-refractivity contribution in [2.75, 3.05) is 6.61 Å². The van der Waals surface area contributed by atoms with Gasteiger partial charge in [0.2, 0.25) is 0 Å². The van der Waals surface area contributed by atoms with Crippen LogP contribution in [0.2, 0.25) is 0 Å². The van der Waals surface area contributed by atoms with Crippen molar-refractivity contribution in [2.24, 2.45) is 0 Å². The predicted octanol–water partition coefficient (Wildman–Crippen LogP) is 3.04. The molecule has 2 unspecified atom stereocenters. The van der Waals surface area contributed by atoms with Crippen LogP contribution in [0.5, 0.6) is 0 Å². The van der Waals surface area contributed by atoms with Gasteiger partial charge in [0.15, 0.2) is 0 Å². The van der Waals surface area contributed by atoms with Crippen molar-refractivity contribution < 1.29 is 14.0 Å². The molecule has 2 atom stereocenters. The highest BCUT2D eigenvalue weighted by atomic mass is 32.1. The van der Waals surface area contributed by atoms with Crippen LogP contribution in [0.25, 0.3) is 0 Å². The number of hydrogen-bond donors (Lipinski definition) is 2. The van der Waals surface area contributed by atoms with E-state index in [1.807, 2.05) is 13.8 Å². The van der Waals surface area contributed by atoms with Gasteiger partial charge in [0.05, 0.1) is 6.61 Å². The molecule has 0 fully saturated rings. The molecule has 0 radical (unpaired) electrons. The fourth-order valence-electron chi connectivity index (χ4n) is 0.847. The van der Waals surface area contributed by atoms with Gasteiger partial charge in [-0.05, 0) is 12.8 Å². The van der Waals surface area contributed by atoms with Gasteiger partial charge in [-0.2, -0.15) is 12.6 Å². The Morgan fingerprint density at radius 2 is 2.08 bits per heavy atom. The summed E-state index contributed by atoms with van der Waals surface area (Å²) >= 11 is 4.05. The highest BCUT2D eigenvalue weighted by Crippen LogP contribution is 2.51. The van der Waals surface area contributed by atoms with Crippen LogP contribution in [0.15, 0.2) is 0 Å². The first-order chi connectivity index (χ1) is 6.04. The lowest BCUT2D eigenvalue weighted by Crippen LogP contribution is -2.04. The Hall–Kier alpha value is 0.500.